The molecular formula is C68H43N. The van der Waals surface area contributed by atoms with E-state index < -0.39 is 0 Å². The van der Waals surface area contributed by atoms with Crippen molar-refractivity contribution in [1.29, 1.82) is 0 Å². The summed E-state index contributed by atoms with van der Waals surface area (Å²) in [5.74, 6) is 0. The number of aromatic nitrogens is 1. The molecule has 0 saturated heterocycles. The van der Waals surface area contributed by atoms with Gasteiger partial charge in [0.2, 0.25) is 0 Å². The van der Waals surface area contributed by atoms with E-state index in [-0.39, 0.29) is 0 Å². The third-order valence-electron chi connectivity index (χ3n) is 14.6. The molecule has 0 aliphatic carbocycles. The summed E-state index contributed by atoms with van der Waals surface area (Å²) in [7, 11) is 0. The Labute approximate surface area is 400 Å². The number of hydrogen-bond donors (Lipinski definition) is 0. The third-order valence-corrected chi connectivity index (χ3v) is 14.6. The van der Waals surface area contributed by atoms with Gasteiger partial charge in [-0.3, -0.25) is 0 Å². The second kappa shape index (κ2) is 15.8. The van der Waals surface area contributed by atoms with Crippen LogP contribution in [0.3, 0.4) is 0 Å². The first-order chi connectivity index (χ1) is 34.3. The maximum Gasteiger partial charge on any atom is 0.0619 e. The molecule has 0 unspecified atom stereocenters. The highest BCUT2D eigenvalue weighted by Gasteiger charge is 2.21. The van der Waals surface area contributed by atoms with Crippen LogP contribution in [0, 0.1) is 0 Å². The SMILES string of the molecule is c1ccc(-c2c3ccccc3c(-c3ccc(-c4cc5c6ccccc6n(-c6ccc(-c7c8ccccc8c(-c8ccccc8)c8ccccc78)cc6)c5c5ccccc45)cc3)c3ccccc23)cc1. The molecule has 0 spiro atoms. The van der Waals surface area contributed by atoms with Gasteiger partial charge in [0.05, 0.1) is 11.0 Å². The fraction of sp³-hybridized carbons (Fsp3) is 0. The van der Waals surface area contributed by atoms with Gasteiger partial charge in [-0.25, -0.2) is 0 Å². The molecule has 1 heterocycles. The molecule has 69 heavy (non-hydrogen) atoms. The lowest BCUT2D eigenvalue weighted by Crippen LogP contribution is -1.96. The van der Waals surface area contributed by atoms with Crippen molar-refractivity contribution in [3.63, 3.8) is 0 Å². The molecule has 0 bridgehead atoms. The van der Waals surface area contributed by atoms with Crippen molar-refractivity contribution >= 4 is 75.7 Å². The highest BCUT2D eigenvalue weighted by Crippen LogP contribution is 2.47. The predicted molar refractivity (Wildman–Crippen MR) is 295 cm³/mol. The van der Waals surface area contributed by atoms with Gasteiger partial charge in [-0.1, -0.05) is 237 Å². The van der Waals surface area contributed by atoms with Crippen LogP contribution in [0.5, 0.6) is 0 Å². The van der Waals surface area contributed by atoms with E-state index in [0.717, 1.165) is 5.69 Å². The lowest BCUT2D eigenvalue weighted by atomic mass is 9.85. The molecule has 0 radical (unpaired) electrons. The summed E-state index contributed by atoms with van der Waals surface area (Å²) in [6.07, 6.45) is 0. The number of nitrogens with zero attached hydrogens (tertiary/aromatic N) is 1. The second-order valence-electron chi connectivity index (χ2n) is 18.3. The molecule has 320 valence electrons. The van der Waals surface area contributed by atoms with Crippen LogP contribution in [-0.4, -0.2) is 4.57 Å². The minimum Gasteiger partial charge on any atom is -0.309 e. The molecule has 1 heteroatoms. The third kappa shape index (κ3) is 6.11. The number of fused-ring (bicyclic) bond motifs is 9. The molecule has 0 atom stereocenters. The van der Waals surface area contributed by atoms with E-state index in [2.05, 4.69) is 265 Å². The van der Waals surface area contributed by atoms with Crippen molar-refractivity contribution in [2.24, 2.45) is 0 Å². The zero-order chi connectivity index (χ0) is 45.4. The quantitative estimate of drug-likeness (QED) is 0.147. The Kier molecular flexibility index (Phi) is 8.97. The molecule has 0 N–H and O–H groups in total. The van der Waals surface area contributed by atoms with Crippen LogP contribution >= 0.6 is 0 Å². The van der Waals surface area contributed by atoms with Gasteiger partial charge in [0, 0.05) is 21.8 Å². The molecule has 1 nitrogen and oxygen atoms in total. The van der Waals surface area contributed by atoms with Crippen LogP contribution < -0.4 is 0 Å². The van der Waals surface area contributed by atoms with Crippen LogP contribution in [-0.2, 0) is 0 Å². The first-order valence-corrected chi connectivity index (χ1v) is 23.9. The van der Waals surface area contributed by atoms with Crippen molar-refractivity contribution in [2.75, 3.05) is 0 Å². The smallest absolute Gasteiger partial charge is 0.0619 e. The molecule has 0 saturated carbocycles. The molecule has 13 aromatic carbocycles. The van der Waals surface area contributed by atoms with Crippen LogP contribution in [0.15, 0.2) is 261 Å². The van der Waals surface area contributed by atoms with Crippen molar-refractivity contribution in [3.05, 3.63) is 261 Å². The van der Waals surface area contributed by atoms with Gasteiger partial charge in [-0.05, 0) is 128 Å². The minimum atomic E-state index is 1.14. The topological polar surface area (TPSA) is 4.93 Å². The summed E-state index contributed by atoms with van der Waals surface area (Å²) in [5, 5.41) is 15.1. The molecule has 0 aliphatic heterocycles. The first-order valence-electron chi connectivity index (χ1n) is 23.9. The Bertz CT molecular complexity index is 4200. The van der Waals surface area contributed by atoms with E-state index in [9.17, 15) is 0 Å². The standard InChI is InChI=1S/C68H43N/c1-3-19-45(20-4-1)64-52-25-8-12-29-56(52)66(57-30-13-9-26-53(57)64)47-37-35-44(36-38-47)61-43-62-51-24-17-18-34-63(51)69(68(62)60-33-16-7-23-50(60)61)49-41-39-48(40-42-49)67-58-31-14-10-27-54(58)65(46-21-5-2-6-22-46)55-28-11-15-32-59(55)67/h1-43H. The summed E-state index contributed by atoms with van der Waals surface area (Å²) in [5.41, 5.74) is 16.0. The zero-order valence-electron chi connectivity index (χ0n) is 37.8. The summed E-state index contributed by atoms with van der Waals surface area (Å²) >= 11 is 0. The van der Waals surface area contributed by atoms with Gasteiger partial charge >= 0.3 is 0 Å². The molecular weight excluding hydrogens is 831 g/mol. The van der Waals surface area contributed by atoms with E-state index >= 15 is 0 Å². The summed E-state index contributed by atoms with van der Waals surface area (Å²) in [6, 6.07) is 96.2. The van der Waals surface area contributed by atoms with Gasteiger partial charge in [0.25, 0.3) is 0 Å². The molecule has 0 amide bonds. The van der Waals surface area contributed by atoms with E-state index in [1.807, 2.05) is 0 Å². The number of rotatable bonds is 6. The van der Waals surface area contributed by atoms with E-state index in [0.29, 0.717) is 0 Å². The van der Waals surface area contributed by atoms with Gasteiger partial charge in [0.1, 0.15) is 0 Å². The van der Waals surface area contributed by atoms with Crippen molar-refractivity contribution < 1.29 is 0 Å². The van der Waals surface area contributed by atoms with E-state index in [1.54, 1.807) is 0 Å². The van der Waals surface area contributed by atoms with Gasteiger partial charge in [0.15, 0.2) is 0 Å². The van der Waals surface area contributed by atoms with Crippen LogP contribution in [0.25, 0.3) is 137 Å². The normalized spacial score (nSPS) is 11.8. The van der Waals surface area contributed by atoms with Gasteiger partial charge < -0.3 is 4.57 Å². The Balaban J connectivity index is 0.919. The average molecular weight is 874 g/mol. The number of para-hydroxylation sites is 1. The molecule has 14 aromatic rings. The fourth-order valence-corrected chi connectivity index (χ4v) is 11.6. The second-order valence-corrected chi connectivity index (χ2v) is 18.3. The lowest BCUT2D eigenvalue weighted by molar-refractivity contribution is 1.19. The van der Waals surface area contributed by atoms with Crippen molar-refractivity contribution in [1.82, 2.24) is 4.57 Å². The number of hydrogen-bond acceptors (Lipinski definition) is 0. The monoisotopic (exact) mass is 873 g/mol. The van der Waals surface area contributed by atoms with Crippen LogP contribution in [0.4, 0.5) is 0 Å². The molecule has 0 fully saturated rings. The Morgan fingerprint density at radius 1 is 0.203 bits per heavy atom. The molecule has 14 rings (SSSR count). The molecule has 1 aromatic heterocycles. The highest BCUT2D eigenvalue weighted by atomic mass is 15.0. The lowest BCUT2D eigenvalue weighted by Gasteiger charge is -2.18. The Morgan fingerprint density at radius 2 is 0.507 bits per heavy atom. The van der Waals surface area contributed by atoms with Crippen molar-refractivity contribution in [2.45, 2.75) is 0 Å². The fourth-order valence-electron chi connectivity index (χ4n) is 11.6. The number of benzene rings is 13. The summed E-state index contributed by atoms with van der Waals surface area (Å²) in [4.78, 5) is 0. The molecule has 0 aliphatic rings. The van der Waals surface area contributed by atoms with Crippen LogP contribution in [0.1, 0.15) is 0 Å². The predicted octanol–water partition coefficient (Wildman–Crippen LogP) is 18.9. The van der Waals surface area contributed by atoms with Gasteiger partial charge in [-0.15, -0.1) is 0 Å². The first kappa shape index (κ1) is 39.2. The average Bonchev–Trinajstić information content (AvgIpc) is 3.76. The summed E-state index contributed by atoms with van der Waals surface area (Å²) in [6.45, 7) is 0. The maximum absolute atomic E-state index is 2.48. The van der Waals surface area contributed by atoms with Gasteiger partial charge in [-0.2, -0.15) is 0 Å². The minimum absolute atomic E-state index is 1.14. The zero-order valence-corrected chi connectivity index (χ0v) is 37.8. The van der Waals surface area contributed by atoms with Crippen molar-refractivity contribution in [3.8, 4) is 61.3 Å². The summed E-state index contributed by atoms with van der Waals surface area (Å²) < 4.78 is 2.48. The Hall–Kier alpha value is -9.04. The highest BCUT2D eigenvalue weighted by molar-refractivity contribution is 6.24. The Morgan fingerprint density at radius 3 is 0.928 bits per heavy atom. The van der Waals surface area contributed by atoms with E-state index in [1.165, 1.54) is 131 Å². The maximum atomic E-state index is 2.48. The van der Waals surface area contributed by atoms with Crippen LogP contribution in [0.2, 0.25) is 0 Å². The largest absolute Gasteiger partial charge is 0.309 e. The van der Waals surface area contributed by atoms with E-state index in [4.69, 9.17) is 0 Å².